The van der Waals surface area contributed by atoms with Crippen LogP contribution in [0.3, 0.4) is 0 Å². The monoisotopic (exact) mass is 359 g/mol. The fourth-order valence-electron chi connectivity index (χ4n) is 1.50. The molecule has 18 heavy (non-hydrogen) atoms. The predicted octanol–water partition coefficient (Wildman–Crippen LogP) is 1.51. The predicted molar refractivity (Wildman–Crippen MR) is 77.3 cm³/mol. The zero-order chi connectivity index (χ0) is 13.0. The number of halogens is 1. The number of rotatable bonds is 5. The van der Waals surface area contributed by atoms with Crippen molar-refractivity contribution < 1.29 is 9.84 Å². The van der Waals surface area contributed by atoms with E-state index in [1.54, 1.807) is 23.0 Å². The molecule has 0 radical (unpaired) electrons. The fraction of sp³-hybridized carbons (Fsp3) is 0.250. The van der Waals surface area contributed by atoms with Crippen molar-refractivity contribution in [3.63, 3.8) is 0 Å². The van der Waals surface area contributed by atoms with E-state index in [0.29, 0.717) is 18.0 Å². The lowest BCUT2D eigenvalue weighted by Gasteiger charge is -2.13. The Balaban J connectivity index is 1.85. The summed E-state index contributed by atoms with van der Waals surface area (Å²) in [4.78, 5) is 0. The Labute approximate surface area is 119 Å². The largest absolute Gasteiger partial charge is 0.489 e. The molecule has 0 saturated heterocycles. The Hall–Kier alpha value is -1.28. The van der Waals surface area contributed by atoms with Crippen LogP contribution in [0.5, 0.6) is 5.75 Å². The van der Waals surface area contributed by atoms with Crippen LogP contribution in [0.4, 0.5) is 5.69 Å². The normalized spacial score (nSPS) is 12.3. The number of hydrogen-bond donors (Lipinski definition) is 2. The van der Waals surface area contributed by atoms with Crippen molar-refractivity contribution in [1.29, 1.82) is 0 Å². The number of benzene rings is 1. The second-order valence-corrected chi connectivity index (χ2v) is 5.13. The molecule has 0 amide bonds. The van der Waals surface area contributed by atoms with E-state index in [2.05, 4.69) is 27.7 Å². The van der Waals surface area contributed by atoms with Gasteiger partial charge in [0, 0.05) is 6.20 Å². The van der Waals surface area contributed by atoms with E-state index >= 15 is 0 Å². The molecular formula is C12H14IN3O2. The lowest BCUT2D eigenvalue weighted by atomic mass is 10.3. The van der Waals surface area contributed by atoms with Crippen molar-refractivity contribution in [1.82, 2.24) is 9.78 Å². The van der Waals surface area contributed by atoms with E-state index < -0.39 is 6.10 Å². The molecule has 1 unspecified atom stereocenters. The van der Waals surface area contributed by atoms with Crippen LogP contribution in [0.1, 0.15) is 0 Å². The average Bonchev–Trinajstić information content (AvgIpc) is 2.74. The van der Waals surface area contributed by atoms with Crippen molar-refractivity contribution in [3.8, 4) is 5.75 Å². The smallest absolute Gasteiger partial charge is 0.142 e. The van der Waals surface area contributed by atoms with Gasteiger partial charge in [-0.25, -0.2) is 0 Å². The quantitative estimate of drug-likeness (QED) is 0.627. The van der Waals surface area contributed by atoms with E-state index in [4.69, 9.17) is 10.5 Å². The summed E-state index contributed by atoms with van der Waals surface area (Å²) < 4.78 is 8.18. The van der Waals surface area contributed by atoms with Crippen molar-refractivity contribution in [2.45, 2.75) is 12.6 Å². The summed E-state index contributed by atoms with van der Waals surface area (Å²) in [5, 5.41) is 13.9. The second kappa shape index (κ2) is 6.05. The molecule has 0 saturated carbocycles. The van der Waals surface area contributed by atoms with Gasteiger partial charge in [-0.1, -0.05) is 12.1 Å². The molecule has 0 fully saturated rings. The van der Waals surface area contributed by atoms with E-state index in [9.17, 15) is 5.11 Å². The molecule has 2 aromatic rings. The van der Waals surface area contributed by atoms with Gasteiger partial charge < -0.3 is 15.6 Å². The maximum Gasteiger partial charge on any atom is 0.142 e. The molecule has 3 N–H and O–H groups in total. The third kappa shape index (κ3) is 3.61. The van der Waals surface area contributed by atoms with Gasteiger partial charge in [0.05, 0.1) is 22.0 Å². The molecule has 0 aliphatic carbocycles. The summed E-state index contributed by atoms with van der Waals surface area (Å²) in [6.45, 7) is 0.584. The summed E-state index contributed by atoms with van der Waals surface area (Å²) in [7, 11) is 0. The number of nitrogens with two attached hydrogens (primary N) is 1. The number of aliphatic hydroxyl groups is 1. The first kappa shape index (κ1) is 13.2. The van der Waals surface area contributed by atoms with E-state index in [1.165, 1.54) is 0 Å². The summed E-state index contributed by atoms with van der Waals surface area (Å²) in [5.41, 5.74) is 6.31. The molecule has 0 spiro atoms. The molecule has 5 nitrogen and oxygen atoms in total. The minimum absolute atomic E-state index is 0.185. The average molecular weight is 359 g/mol. The molecule has 6 heteroatoms. The number of aliphatic hydroxyl groups excluding tert-OH is 1. The highest BCUT2D eigenvalue weighted by atomic mass is 127. The second-order valence-electron chi connectivity index (χ2n) is 3.88. The molecule has 2 rings (SSSR count). The maximum atomic E-state index is 9.83. The molecule has 0 aliphatic heterocycles. The minimum Gasteiger partial charge on any atom is -0.489 e. The van der Waals surface area contributed by atoms with Crippen LogP contribution >= 0.6 is 22.6 Å². The van der Waals surface area contributed by atoms with Gasteiger partial charge in [-0.15, -0.1) is 0 Å². The molecular weight excluding hydrogens is 345 g/mol. The first-order valence-electron chi connectivity index (χ1n) is 5.48. The topological polar surface area (TPSA) is 73.3 Å². The number of aromatic nitrogens is 2. The zero-order valence-electron chi connectivity index (χ0n) is 9.66. The van der Waals surface area contributed by atoms with Gasteiger partial charge in [-0.2, -0.15) is 5.10 Å². The van der Waals surface area contributed by atoms with Crippen molar-refractivity contribution in [2.75, 3.05) is 12.3 Å². The van der Waals surface area contributed by atoms with E-state index in [0.717, 1.165) is 3.57 Å². The number of ether oxygens (including phenoxy) is 1. The van der Waals surface area contributed by atoms with Crippen LogP contribution in [0.25, 0.3) is 0 Å². The Morgan fingerprint density at radius 3 is 2.89 bits per heavy atom. The summed E-state index contributed by atoms with van der Waals surface area (Å²) in [6.07, 6.45) is 2.98. The summed E-state index contributed by atoms with van der Waals surface area (Å²) in [6, 6.07) is 7.22. The Morgan fingerprint density at radius 1 is 1.44 bits per heavy atom. The van der Waals surface area contributed by atoms with Crippen LogP contribution in [0.2, 0.25) is 0 Å². The van der Waals surface area contributed by atoms with Crippen LogP contribution in [-0.2, 0) is 6.54 Å². The first-order chi connectivity index (χ1) is 8.65. The van der Waals surface area contributed by atoms with Crippen LogP contribution in [-0.4, -0.2) is 27.6 Å². The molecule has 1 aromatic carbocycles. The third-order valence-electron chi connectivity index (χ3n) is 2.35. The van der Waals surface area contributed by atoms with Gasteiger partial charge in [0.15, 0.2) is 0 Å². The Morgan fingerprint density at radius 2 is 2.22 bits per heavy atom. The highest BCUT2D eigenvalue weighted by Gasteiger charge is 2.08. The van der Waals surface area contributed by atoms with Crippen LogP contribution in [0.15, 0.2) is 36.7 Å². The maximum absolute atomic E-state index is 9.83. The SMILES string of the molecule is Nc1ccccc1OCC(O)Cn1cc(I)cn1. The lowest BCUT2D eigenvalue weighted by molar-refractivity contribution is 0.0897. The van der Waals surface area contributed by atoms with Gasteiger partial charge in [-0.05, 0) is 34.7 Å². The summed E-state index contributed by atoms with van der Waals surface area (Å²) in [5.74, 6) is 0.589. The molecule has 96 valence electrons. The van der Waals surface area contributed by atoms with Crippen molar-refractivity contribution >= 4 is 28.3 Å². The van der Waals surface area contributed by atoms with Crippen LogP contribution in [0, 0.1) is 3.57 Å². The number of hydrogen-bond acceptors (Lipinski definition) is 4. The van der Waals surface area contributed by atoms with Crippen LogP contribution < -0.4 is 10.5 Å². The Bertz CT molecular complexity index is 516. The highest BCUT2D eigenvalue weighted by molar-refractivity contribution is 14.1. The van der Waals surface area contributed by atoms with Gasteiger partial charge in [0.25, 0.3) is 0 Å². The number of para-hydroxylation sites is 2. The molecule has 1 aromatic heterocycles. The molecule has 1 heterocycles. The molecule has 0 aliphatic rings. The van der Waals surface area contributed by atoms with E-state index in [1.807, 2.05) is 18.3 Å². The van der Waals surface area contributed by atoms with Gasteiger partial charge in [0.1, 0.15) is 18.5 Å². The van der Waals surface area contributed by atoms with E-state index in [-0.39, 0.29) is 6.61 Å². The van der Waals surface area contributed by atoms with Crippen molar-refractivity contribution in [3.05, 3.63) is 40.2 Å². The van der Waals surface area contributed by atoms with Gasteiger partial charge in [-0.3, -0.25) is 4.68 Å². The Kier molecular flexibility index (Phi) is 4.43. The zero-order valence-corrected chi connectivity index (χ0v) is 11.8. The number of anilines is 1. The van der Waals surface area contributed by atoms with Gasteiger partial charge in [0.2, 0.25) is 0 Å². The highest BCUT2D eigenvalue weighted by Crippen LogP contribution is 2.19. The number of nitrogens with zero attached hydrogens (tertiary/aromatic N) is 2. The third-order valence-corrected chi connectivity index (χ3v) is 2.91. The standard InChI is InChI=1S/C12H14IN3O2/c13-9-5-15-16(6-9)7-10(17)8-18-12-4-2-1-3-11(12)14/h1-6,10,17H,7-8,14H2. The minimum atomic E-state index is -0.625. The first-order valence-corrected chi connectivity index (χ1v) is 6.56. The van der Waals surface area contributed by atoms with Gasteiger partial charge >= 0.3 is 0 Å². The van der Waals surface area contributed by atoms with Crippen molar-refractivity contribution in [2.24, 2.45) is 0 Å². The fourth-order valence-corrected chi connectivity index (χ4v) is 1.95. The summed E-state index contributed by atoms with van der Waals surface area (Å²) >= 11 is 2.17. The molecule has 1 atom stereocenters. The lowest BCUT2D eigenvalue weighted by Crippen LogP contribution is -2.24. The molecule has 0 bridgehead atoms. The number of nitrogen functional groups attached to an aromatic ring is 1.